The Morgan fingerprint density at radius 3 is 1.00 bits per heavy atom. The van der Waals surface area contributed by atoms with E-state index in [9.17, 15) is 0 Å². The Balaban J connectivity index is 5.93. The second-order valence-electron chi connectivity index (χ2n) is 4.41. The molecule has 0 bridgehead atoms. The van der Waals surface area contributed by atoms with E-state index in [1.807, 2.05) is 0 Å². The van der Waals surface area contributed by atoms with Crippen LogP contribution in [0.1, 0.15) is 48.5 Å². The Bertz CT molecular complexity index is 231. The summed E-state index contributed by atoms with van der Waals surface area (Å²) >= 11 is -3.04. The summed E-state index contributed by atoms with van der Waals surface area (Å²) in [5.74, 6) is 0. The van der Waals surface area contributed by atoms with Crippen LogP contribution in [0.25, 0.3) is 0 Å². The van der Waals surface area contributed by atoms with E-state index in [4.69, 9.17) is 3.34 Å². The third kappa shape index (κ3) is 4.19. The van der Waals surface area contributed by atoms with Gasteiger partial charge in [0.1, 0.15) is 0 Å². The van der Waals surface area contributed by atoms with Gasteiger partial charge in [0.25, 0.3) is 0 Å². The standard InChI is InChI=1S/3C4H10N.C2H5N.Ta/c3*1-3-5-4-2;1-2-3;/h3*3-4H2,1-2H3;2H2,1H3;/q3*-1;;+3. The summed E-state index contributed by atoms with van der Waals surface area (Å²) in [6.45, 7) is 23.6. The van der Waals surface area contributed by atoms with E-state index in [2.05, 4.69) is 58.4 Å². The topological polar surface area (TPSA) is 22.1 Å². The summed E-state index contributed by atoms with van der Waals surface area (Å²) in [7, 11) is 0. The fourth-order valence-electron chi connectivity index (χ4n) is 2.80. The number of rotatable bonds is 10. The van der Waals surface area contributed by atoms with Gasteiger partial charge in [-0.2, -0.15) is 0 Å². The maximum atomic E-state index is 5.27. The van der Waals surface area contributed by atoms with Crippen molar-refractivity contribution in [3.05, 3.63) is 0 Å². The normalized spacial score (nSPS) is 12.7. The predicted molar refractivity (Wildman–Crippen MR) is 81.7 cm³/mol. The maximum absolute atomic E-state index is 5.27. The molecule has 0 spiro atoms. The Kier molecular flexibility index (Phi) is 10.4. The zero-order valence-corrected chi connectivity index (χ0v) is 17.4. The molecule has 0 aromatic carbocycles. The first-order chi connectivity index (χ1) is 9.12. The first-order valence-electron chi connectivity index (χ1n) is 7.96. The second kappa shape index (κ2) is 10.2. The third-order valence-corrected chi connectivity index (χ3v) is 20.3. The summed E-state index contributed by atoms with van der Waals surface area (Å²) in [6.07, 6.45) is 0. The molecule has 19 heavy (non-hydrogen) atoms. The van der Waals surface area contributed by atoms with E-state index in [1.165, 1.54) is 0 Å². The van der Waals surface area contributed by atoms with Crippen molar-refractivity contribution in [2.24, 2.45) is 3.34 Å². The van der Waals surface area contributed by atoms with Crippen LogP contribution >= 0.6 is 0 Å². The molecule has 0 saturated carbocycles. The Labute approximate surface area is 125 Å². The van der Waals surface area contributed by atoms with E-state index in [1.54, 1.807) is 0 Å². The van der Waals surface area contributed by atoms with Crippen molar-refractivity contribution >= 4 is 0 Å². The zero-order chi connectivity index (χ0) is 14.9. The molecule has 0 rings (SSSR count). The van der Waals surface area contributed by atoms with Crippen LogP contribution in [0.4, 0.5) is 0 Å². The molecule has 0 fully saturated rings. The van der Waals surface area contributed by atoms with Gasteiger partial charge in [0, 0.05) is 0 Å². The Hall–Kier alpha value is 0.420. The fourth-order valence-corrected chi connectivity index (χ4v) is 18.1. The minimum atomic E-state index is -3.04. The molecule has 0 amide bonds. The van der Waals surface area contributed by atoms with Crippen molar-refractivity contribution in [1.82, 2.24) is 9.91 Å². The molecule has 0 radical (unpaired) electrons. The third-order valence-electron chi connectivity index (χ3n) is 3.66. The summed E-state index contributed by atoms with van der Waals surface area (Å²) in [6, 6.07) is 0. The van der Waals surface area contributed by atoms with Crippen LogP contribution in [0.2, 0.25) is 0 Å². The summed E-state index contributed by atoms with van der Waals surface area (Å²) in [4.78, 5) is 0. The van der Waals surface area contributed by atoms with Crippen molar-refractivity contribution in [3.8, 4) is 0 Å². The van der Waals surface area contributed by atoms with Crippen molar-refractivity contribution in [3.63, 3.8) is 0 Å². The molecule has 116 valence electrons. The Morgan fingerprint density at radius 2 is 0.842 bits per heavy atom. The molecule has 0 aliphatic carbocycles. The van der Waals surface area contributed by atoms with Crippen LogP contribution in [0.15, 0.2) is 3.34 Å². The molecule has 0 atom stereocenters. The van der Waals surface area contributed by atoms with Crippen LogP contribution in [-0.4, -0.2) is 55.7 Å². The van der Waals surface area contributed by atoms with Gasteiger partial charge in [-0.15, -0.1) is 0 Å². The van der Waals surface area contributed by atoms with Crippen LogP contribution in [0.5, 0.6) is 0 Å². The van der Waals surface area contributed by atoms with Crippen molar-refractivity contribution < 1.29 is 17.7 Å². The quantitative estimate of drug-likeness (QED) is 0.521. The Morgan fingerprint density at radius 1 is 0.579 bits per heavy atom. The van der Waals surface area contributed by atoms with Gasteiger partial charge in [-0.1, -0.05) is 0 Å². The first-order valence-corrected chi connectivity index (χ1v) is 13.7. The molecule has 0 aromatic rings. The molecule has 4 nitrogen and oxygen atoms in total. The van der Waals surface area contributed by atoms with Crippen LogP contribution < -0.4 is 0 Å². The van der Waals surface area contributed by atoms with Gasteiger partial charge in [0.2, 0.25) is 0 Å². The molecule has 5 heteroatoms. The average Bonchev–Trinajstić information content (AvgIpc) is 2.42. The van der Waals surface area contributed by atoms with Crippen LogP contribution in [0.3, 0.4) is 0 Å². The SMILES string of the molecule is CC[N]=[Ta]([N](CC)CC)([N](CC)CC)[N](CC)CC. The van der Waals surface area contributed by atoms with E-state index in [-0.39, 0.29) is 0 Å². The molecule has 0 saturated heterocycles. The first kappa shape index (κ1) is 19.4. The van der Waals surface area contributed by atoms with E-state index in [0.717, 1.165) is 45.8 Å². The monoisotopic (exact) mass is 440 g/mol. The van der Waals surface area contributed by atoms with Gasteiger partial charge in [-0.25, -0.2) is 0 Å². The van der Waals surface area contributed by atoms with Crippen molar-refractivity contribution in [1.29, 1.82) is 0 Å². The molecule has 0 aromatic heterocycles. The summed E-state index contributed by atoms with van der Waals surface area (Å²) < 4.78 is 13.4. The number of hydrogen-bond donors (Lipinski definition) is 0. The van der Waals surface area contributed by atoms with Gasteiger partial charge in [-0.05, 0) is 0 Å². The molecule has 0 unspecified atom stereocenters. The predicted octanol–water partition coefficient (Wildman–Crippen LogP) is 3.11. The molecular formula is C14H35N4Ta. The van der Waals surface area contributed by atoms with Gasteiger partial charge in [0.15, 0.2) is 0 Å². The van der Waals surface area contributed by atoms with E-state index < -0.39 is 17.7 Å². The molecule has 0 aliphatic rings. The van der Waals surface area contributed by atoms with E-state index in [0.29, 0.717) is 0 Å². The van der Waals surface area contributed by atoms with Crippen molar-refractivity contribution in [2.75, 3.05) is 45.8 Å². The van der Waals surface area contributed by atoms with Gasteiger partial charge in [-0.3, -0.25) is 0 Å². The van der Waals surface area contributed by atoms with E-state index >= 15 is 0 Å². The molecule has 0 aliphatic heterocycles. The molecule has 0 N–H and O–H groups in total. The fraction of sp³-hybridized carbons (Fsp3) is 1.00. The molecular weight excluding hydrogens is 405 g/mol. The zero-order valence-electron chi connectivity index (χ0n) is 14.2. The van der Waals surface area contributed by atoms with Gasteiger partial charge in [0.05, 0.1) is 0 Å². The number of nitrogens with zero attached hydrogens (tertiary/aromatic N) is 4. The van der Waals surface area contributed by atoms with Gasteiger partial charge < -0.3 is 0 Å². The minimum absolute atomic E-state index is 0.946. The summed E-state index contributed by atoms with van der Waals surface area (Å²) in [5, 5.41) is 0. The average molecular weight is 440 g/mol. The van der Waals surface area contributed by atoms with Crippen LogP contribution in [0, 0.1) is 0 Å². The summed E-state index contributed by atoms with van der Waals surface area (Å²) in [5.41, 5.74) is 0. The van der Waals surface area contributed by atoms with Crippen molar-refractivity contribution in [2.45, 2.75) is 48.5 Å². The number of hydrogen-bond acceptors (Lipinski definition) is 1. The second-order valence-corrected chi connectivity index (χ2v) is 15.4. The van der Waals surface area contributed by atoms with Crippen LogP contribution in [-0.2, 0) is 17.7 Å². The molecule has 0 heterocycles. The van der Waals surface area contributed by atoms with Gasteiger partial charge >= 0.3 is 125 Å².